The van der Waals surface area contributed by atoms with E-state index in [1.165, 1.54) is 57.8 Å². The number of hydrogen-bond acceptors (Lipinski definition) is 0. The zero-order chi connectivity index (χ0) is 13.6. The Bertz CT molecular complexity index is 216. The van der Waals surface area contributed by atoms with Crippen LogP contribution in [0.3, 0.4) is 0 Å². The molecule has 0 nitrogen and oxygen atoms in total. The van der Waals surface area contributed by atoms with Crippen LogP contribution < -0.4 is 0 Å². The van der Waals surface area contributed by atoms with Crippen molar-refractivity contribution in [3.05, 3.63) is 0 Å². The van der Waals surface area contributed by atoms with Gasteiger partial charge >= 0.3 is 0 Å². The summed E-state index contributed by atoms with van der Waals surface area (Å²) in [6.07, 6.45) is 12.3. The van der Waals surface area contributed by atoms with Crippen LogP contribution in [0.5, 0.6) is 0 Å². The maximum Gasteiger partial charge on any atom is 0.0364 e. The molecule has 0 aromatic carbocycles. The molecule has 1 heteroatoms. The Kier molecular flexibility index (Phi) is 7.06. The van der Waals surface area contributed by atoms with Gasteiger partial charge < -0.3 is 0 Å². The van der Waals surface area contributed by atoms with Crippen LogP contribution in [0.4, 0.5) is 0 Å². The first-order valence-corrected chi connectivity index (χ1v) is 8.53. The average Bonchev–Trinajstić information content (AvgIpc) is 2.29. The van der Waals surface area contributed by atoms with Crippen molar-refractivity contribution in [3.8, 4) is 0 Å². The highest BCUT2D eigenvalue weighted by molar-refractivity contribution is 6.20. The predicted molar refractivity (Wildman–Crippen MR) is 83.3 cm³/mol. The number of hydrogen-bond donors (Lipinski definition) is 0. The van der Waals surface area contributed by atoms with Crippen LogP contribution in [0.15, 0.2) is 0 Å². The fourth-order valence-electron chi connectivity index (χ4n) is 3.32. The molecule has 18 heavy (non-hydrogen) atoms. The minimum atomic E-state index is 0.453. The Morgan fingerprint density at radius 2 is 1.67 bits per heavy atom. The Morgan fingerprint density at radius 1 is 1.00 bits per heavy atom. The molecule has 3 atom stereocenters. The Hall–Kier alpha value is 0.290. The van der Waals surface area contributed by atoms with E-state index in [1.807, 2.05) is 0 Å². The Balaban J connectivity index is 2.29. The van der Waals surface area contributed by atoms with Crippen LogP contribution in [0, 0.1) is 17.3 Å². The summed E-state index contributed by atoms with van der Waals surface area (Å²) in [6, 6.07) is 0. The van der Waals surface area contributed by atoms with Gasteiger partial charge in [-0.3, -0.25) is 0 Å². The van der Waals surface area contributed by atoms with E-state index in [4.69, 9.17) is 11.6 Å². The van der Waals surface area contributed by atoms with Crippen molar-refractivity contribution >= 4 is 11.6 Å². The zero-order valence-corrected chi connectivity index (χ0v) is 13.7. The zero-order valence-electron chi connectivity index (χ0n) is 13.0. The first-order valence-electron chi connectivity index (χ1n) is 8.09. The molecular weight excluding hydrogens is 240 g/mol. The van der Waals surface area contributed by atoms with Crippen molar-refractivity contribution in [2.75, 3.05) is 0 Å². The molecule has 0 aromatic heterocycles. The van der Waals surface area contributed by atoms with Gasteiger partial charge in [0, 0.05) is 5.38 Å². The third kappa shape index (κ3) is 5.51. The van der Waals surface area contributed by atoms with Gasteiger partial charge in [-0.2, -0.15) is 0 Å². The Labute approximate surface area is 120 Å². The van der Waals surface area contributed by atoms with E-state index in [0.29, 0.717) is 10.8 Å². The quantitative estimate of drug-likeness (QED) is 0.387. The summed E-state index contributed by atoms with van der Waals surface area (Å²) in [6.45, 7) is 9.46. The third-order valence-electron chi connectivity index (χ3n) is 4.79. The highest BCUT2D eigenvalue weighted by atomic mass is 35.5. The smallest absolute Gasteiger partial charge is 0.0364 e. The van der Waals surface area contributed by atoms with Crippen molar-refractivity contribution in [3.63, 3.8) is 0 Å². The summed E-state index contributed by atoms with van der Waals surface area (Å²) in [5, 5.41) is 0.453. The minimum absolute atomic E-state index is 0.453. The van der Waals surface area contributed by atoms with Crippen LogP contribution in [-0.2, 0) is 0 Å². The SMILES string of the molecule is CCCCCCCC1CC(C(C)(C)C)CCC1Cl. The van der Waals surface area contributed by atoms with Gasteiger partial charge in [0.2, 0.25) is 0 Å². The second-order valence-electron chi connectivity index (χ2n) is 7.35. The van der Waals surface area contributed by atoms with E-state index in [2.05, 4.69) is 27.7 Å². The van der Waals surface area contributed by atoms with Gasteiger partial charge in [-0.05, 0) is 42.9 Å². The molecule has 108 valence electrons. The Morgan fingerprint density at radius 3 is 2.28 bits per heavy atom. The second-order valence-corrected chi connectivity index (χ2v) is 7.92. The lowest BCUT2D eigenvalue weighted by Gasteiger charge is -2.40. The van der Waals surface area contributed by atoms with Crippen molar-refractivity contribution in [1.29, 1.82) is 0 Å². The standard InChI is InChI=1S/C17H33Cl/c1-5-6-7-8-9-10-14-13-15(17(2,3)4)11-12-16(14)18/h14-16H,5-13H2,1-4H3. The molecule has 0 heterocycles. The van der Waals surface area contributed by atoms with Crippen molar-refractivity contribution < 1.29 is 0 Å². The molecule has 0 amide bonds. The molecule has 0 aliphatic heterocycles. The van der Waals surface area contributed by atoms with E-state index in [-0.39, 0.29) is 0 Å². The summed E-state index contributed by atoms with van der Waals surface area (Å²) >= 11 is 6.54. The molecule has 3 unspecified atom stereocenters. The highest BCUT2D eigenvalue weighted by Crippen LogP contribution is 2.43. The van der Waals surface area contributed by atoms with E-state index < -0.39 is 0 Å². The molecule has 0 aromatic rings. The van der Waals surface area contributed by atoms with Crippen molar-refractivity contribution in [2.45, 2.75) is 90.9 Å². The number of alkyl halides is 1. The van der Waals surface area contributed by atoms with Gasteiger partial charge in [0.1, 0.15) is 0 Å². The summed E-state index contributed by atoms with van der Waals surface area (Å²) in [4.78, 5) is 0. The van der Waals surface area contributed by atoms with Gasteiger partial charge in [-0.15, -0.1) is 11.6 Å². The van der Waals surface area contributed by atoms with Crippen LogP contribution >= 0.6 is 11.6 Å². The first kappa shape index (κ1) is 16.3. The first-order chi connectivity index (χ1) is 8.45. The van der Waals surface area contributed by atoms with Gasteiger partial charge in [0.25, 0.3) is 0 Å². The normalized spacial score (nSPS) is 29.5. The maximum absolute atomic E-state index is 6.54. The number of unbranched alkanes of at least 4 members (excludes halogenated alkanes) is 4. The molecule has 0 bridgehead atoms. The molecule has 1 rings (SSSR count). The molecule has 0 saturated heterocycles. The van der Waals surface area contributed by atoms with E-state index in [1.54, 1.807) is 0 Å². The molecule has 1 saturated carbocycles. The molecule has 0 radical (unpaired) electrons. The van der Waals surface area contributed by atoms with Crippen LogP contribution in [-0.4, -0.2) is 5.38 Å². The molecular formula is C17H33Cl. The monoisotopic (exact) mass is 272 g/mol. The van der Waals surface area contributed by atoms with Gasteiger partial charge in [-0.25, -0.2) is 0 Å². The fraction of sp³-hybridized carbons (Fsp3) is 1.00. The van der Waals surface area contributed by atoms with E-state index in [9.17, 15) is 0 Å². The molecule has 0 N–H and O–H groups in total. The molecule has 1 aliphatic carbocycles. The lowest BCUT2D eigenvalue weighted by atomic mass is 9.68. The average molecular weight is 273 g/mol. The number of rotatable bonds is 6. The highest BCUT2D eigenvalue weighted by Gasteiger charge is 2.34. The van der Waals surface area contributed by atoms with Crippen LogP contribution in [0.1, 0.15) is 85.5 Å². The number of halogens is 1. The van der Waals surface area contributed by atoms with Gasteiger partial charge in [0.05, 0.1) is 0 Å². The molecule has 0 spiro atoms. The largest absolute Gasteiger partial charge is 0.123 e. The third-order valence-corrected chi connectivity index (χ3v) is 5.37. The molecule has 1 aliphatic rings. The second kappa shape index (κ2) is 7.78. The lowest BCUT2D eigenvalue weighted by Crippen LogP contribution is -2.32. The van der Waals surface area contributed by atoms with E-state index in [0.717, 1.165) is 11.8 Å². The summed E-state index contributed by atoms with van der Waals surface area (Å²) in [7, 11) is 0. The topological polar surface area (TPSA) is 0 Å². The summed E-state index contributed by atoms with van der Waals surface area (Å²) in [5.41, 5.74) is 0.470. The van der Waals surface area contributed by atoms with Gasteiger partial charge in [0.15, 0.2) is 0 Å². The van der Waals surface area contributed by atoms with Crippen molar-refractivity contribution in [2.24, 2.45) is 17.3 Å². The lowest BCUT2D eigenvalue weighted by molar-refractivity contribution is 0.138. The van der Waals surface area contributed by atoms with Gasteiger partial charge in [-0.1, -0.05) is 59.8 Å². The predicted octanol–water partition coefficient (Wildman–Crippen LogP) is 6.42. The van der Waals surface area contributed by atoms with E-state index >= 15 is 0 Å². The summed E-state index contributed by atoms with van der Waals surface area (Å²) < 4.78 is 0. The minimum Gasteiger partial charge on any atom is -0.123 e. The van der Waals surface area contributed by atoms with Crippen molar-refractivity contribution in [1.82, 2.24) is 0 Å². The fourth-order valence-corrected chi connectivity index (χ4v) is 3.68. The van der Waals surface area contributed by atoms with Crippen LogP contribution in [0.2, 0.25) is 0 Å². The summed E-state index contributed by atoms with van der Waals surface area (Å²) in [5.74, 6) is 1.67. The van der Waals surface area contributed by atoms with Crippen LogP contribution in [0.25, 0.3) is 0 Å². The maximum atomic E-state index is 6.54. The molecule has 1 fully saturated rings.